The number of nitrogens with zero attached hydrogens (tertiary/aromatic N) is 1. The lowest BCUT2D eigenvalue weighted by molar-refractivity contribution is -0.124. The van der Waals surface area contributed by atoms with Crippen LogP contribution < -0.4 is 5.43 Å². The van der Waals surface area contributed by atoms with Gasteiger partial charge in [0.15, 0.2) is 0 Å². The Hall–Kier alpha value is -1.35. The van der Waals surface area contributed by atoms with Crippen molar-refractivity contribution in [3.05, 3.63) is 35.9 Å². The number of hydrazine groups is 1. The number of nitrogens with one attached hydrogen (secondary N) is 1. The standard InChI is InChI=1S/C15H18N2O/c18-15-13-11-6-7-12(8-11)14(13)17(16-15)9-10-4-2-1-3-5-10/h1-5,11-14H,6-9H2,(H,16,18)/t11-,12+,13+,14-/m1/s1. The Bertz CT molecular complexity index is 473. The normalized spacial score (nSPS) is 37.9. The highest BCUT2D eigenvalue weighted by Crippen LogP contribution is 2.52. The Kier molecular flexibility index (Phi) is 2.24. The monoisotopic (exact) mass is 242 g/mol. The van der Waals surface area contributed by atoms with Crippen molar-refractivity contribution in [2.45, 2.75) is 31.8 Å². The number of hydrogen-bond donors (Lipinski definition) is 1. The van der Waals surface area contributed by atoms with E-state index in [9.17, 15) is 4.79 Å². The molecule has 3 aliphatic rings. The molecule has 3 heteroatoms. The minimum absolute atomic E-state index is 0.267. The summed E-state index contributed by atoms with van der Waals surface area (Å²) >= 11 is 0. The van der Waals surface area contributed by atoms with Gasteiger partial charge in [0.25, 0.3) is 0 Å². The molecule has 2 saturated carbocycles. The predicted molar refractivity (Wildman–Crippen MR) is 68.2 cm³/mol. The molecule has 4 rings (SSSR count). The van der Waals surface area contributed by atoms with E-state index in [0.717, 1.165) is 12.5 Å². The highest BCUT2D eigenvalue weighted by atomic mass is 16.2. The lowest BCUT2D eigenvalue weighted by Gasteiger charge is -2.29. The Morgan fingerprint density at radius 1 is 1.17 bits per heavy atom. The zero-order chi connectivity index (χ0) is 12.1. The minimum atomic E-state index is 0.267. The van der Waals surface area contributed by atoms with Crippen molar-refractivity contribution in [2.75, 3.05) is 0 Å². The quantitative estimate of drug-likeness (QED) is 0.859. The third-order valence-corrected chi connectivity index (χ3v) is 4.98. The molecule has 0 radical (unpaired) electrons. The van der Waals surface area contributed by atoms with Crippen LogP contribution in [0.1, 0.15) is 24.8 Å². The maximum atomic E-state index is 12.1. The van der Waals surface area contributed by atoms with Crippen LogP contribution in [0.2, 0.25) is 0 Å². The van der Waals surface area contributed by atoms with Gasteiger partial charge in [-0.2, -0.15) is 0 Å². The fourth-order valence-corrected chi connectivity index (χ4v) is 4.29. The second-order valence-corrected chi connectivity index (χ2v) is 5.94. The molecule has 2 bridgehead atoms. The van der Waals surface area contributed by atoms with Gasteiger partial charge < -0.3 is 0 Å². The van der Waals surface area contributed by atoms with Crippen molar-refractivity contribution < 1.29 is 4.79 Å². The first-order chi connectivity index (χ1) is 8.83. The Labute approximate surface area is 107 Å². The molecule has 1 saturated heterocycles. The summed E-state index contributed by atoms with van der Waals surface area (Å²) in [5.41, 5.74) is 4.38. The van der Waals surface area contributed by atoms with Crippen molar-refractivity contribution in [3.63, 3.8) is 0 Å². The van der Waals surface area contributed by atoms with Gasteiger partial charge in [0, 0.05) is 12.6 Å². The van der Waals surface area contributed by atoms with Gasteiger partial charge in [-0.15, -0.1) is 0 Å². The fourth-order valence-electron chi connectivity index (χ4n) is 4.29. The second-order valence-electron chi connectivity index (χ2n) is 5.94. The highest BCUT2D eigenvalue weighted by Gasteiger charge is 2.56. The molecule has 1 aromatic rings. The van der Waals surface area contributed by atoms with E-state index in [1.807, 2.05) is 6.07 Å². The van der Waals surface area contributed by atoms with Crippen molar-refractivity contribution >= 4 is 5.91 Å². The fraction of sp³-hybridized carbons (Fsp3) is 0.533. The summed E-state index contributed by atoms with van der Waals surface area (Å²) in [4.78, 5) is 12.1. The molecule has 1 amide bonds. The van der Waals surface area contributed by atoms with Gasteiger partial charge in [-0.1, -0.05) is 30.3 Å². The molecule has 0 aromatic heterocycles. The SMILES string of the molecule is O=C1NN(Cc2ccccc2)[C@@H]2[C@H]3CC[C@H](C3)[C@H]12. The number of rotatable bonds is 2. The summed E-state index contributed by atoms with van der Waals surface area (Å²) in [5, 5.41) is 2.20. The van der Waals surface area contributed by atoms with E-state index in [1.54, 1.807) is 0 Å². The van der Waals surface area contributed by atoms with Gasteiger partial charge in [0.1, 0.15) is 0 Å². The first kappa shape index (κ1) is 10.6. The number of amides is 1. The number of carbonyl (C=O) groups excluding carboxylic acids is 1. The summed E-state index contributed by atoms with van der Waals surface area (Å²) in [6, 6.07) is 10.9. The smallest absolute Gasteiger partial charge is 0.239 e. The lowest BCUT2D eigenvalue weighted by Crippen LogP contribution is -2.41. The molecule has 4 atom stereocenters. The molecular formula is C15H18N2O. The van der Waals surface area contributed by atoms with Crippen molar-refractivity contribution in [2.24, 2.45) is 17.8 Å². The lowest BCUT2D eigenvalue weighted by atomic mass is 9.85. The van der Waals surface area contributed by atoms with E-state index < -0.39 is 0 Å². The van der Waals surface area contributed by atoms with Gasteiger partial charge in [-0.05, 0) is 36.7 Å². The molecule has 18 heavy (non-hydrogen) atoms. The van der Waals surface area contributed by atoms with Crippen molar-refractivity contribution in [1.82, 2.24) is 10.4 Å². The second kappa shape index (κ2) is 3.82. The van der Waals surface area contributed by atoms with Crippen LogP contribution in [0, 0.1) is 17.8 Å². The van der Waals surface area contributed by atoms with Crippen molar-refractivity contribution in [3.8, 4) is 0 Å². The van der Waals surface area contributed by atoms with Gasteiger partial charge in [0.2, 0.25) is 5.91 Å². The molecule has 3 fully saturated rings. The van der Waals surface area contributed by atoms with Gasteiger partial charge in [-0.3, -0.25) is 10.2 Å². The molecule has 2 aliphatic carbocycles. The third kappa shape index (κ3) is 1.43. The zero-order valence-electron chi connectivity index (χ0n) is 10.4. The van der Waals surface area contributed by atoms with E-state index in [4.69, 9.17) is 0 Å². The topological polar surface area (TPSA) is 32.3 Å². The van der Waals surface area contributed by atoms with Crippen LogP contribution in [-0.4, -0.2) is 17.0 Å². The first-order valence-electron chi connectivity index (χ1n) is 6.94. The summed E-state index contributed by atoms with van der Waals surface area (Å²) < 4.78 is 0. The number of fused-ring (bicyclic) bond motifs is 5. The summed E-state index contributed by atoms with van der Waals surface area (Å²) in [7, 11) is 0. The van der Waals surface area contributed by atoms with Gasteiger partial charge in [0.05, 0.1) is 5.92 Å². The largest absolute Gasteiger partial charge is 0.288 e. The molecule has 1 heterocycles. The van der Waals surface area contributed by atoms with E-state index in [1.165, 1.54) is 24.8 Å². The van der Waals surface area contributed by atoms with Crippen LogP contribution in [0.25, 0.3) is 0 Å². The molecule has 3 nitrogen and oxygen atoms in total. The number of carbonyl (C=O) groups is 1. The highest BCUT2D eigenvalue weighted by molar-refractivity contribution is 5.82. The summed E-state index contributed by atoms with van der Waals surface area (Å²) in [6.45, 7) is 0.844. The van der Waals surface area contributed by atoms with E-state index in [0.29, 0.717) is 12.0 Å². The minimum Gasteiger partial charge on any atom is -0.288 e. The van der Waals surface area contributed by atoms with E-state index in [-0.39, 0.29) is 11.8 Å². The molecular weight excluding hydrogens is 224 g/mol. The molecule has 1 aliphatic heterocycles. The van der Waals surface area contributed by atoms with Crippen LogP contribution in [0.4, 0.5) is 0 Å². The molecule has 0 unspecified atom stereocenters. The third-order valence-electron chi connectivity index (χ3n) is 4.98. The van der Waals surface area contributed by atoms with E-state index >= 15 is 0 Å². The van der Waals surface area contributed by atoms with Gasteiger partial charge in [-0.25, -0.2) is 5.01 Å². The number of benzene rings is 1. The number of hydrogen-bond acceptors (Lipinski definition) is 2. The Morgan fingerprint density at radius 3 is 2.78 bits per heavy atom. The first-order valence-corrected chi connectivity index (χ1v) is 6.94. The zero-order valence-corrected chi connectivity index (χ0v) is 10.4. The average Bonchev–Trinajstić information content (AvgIpc) is 3.05. The Morgan fingerprint density at radius 2 is 1.94 bits per heavy atom. The molecule has 1 N–H and O–H groups in total. The van der Waals surface area contributed by atoms with Crippen LogP contribution in [0.5, 0.6) is 0 Å². The molecule has 0 spiro atoms. The predicted octanol–water partition coefficient (Wildman–Crippen LogP) is 1.95. The van der Waals surface area contributed by atoms with Crippen molar-refractivity contribution in [1.29, 1.82) is 0 Å². The molecule has 94 valence electrons. The summed E-state index contributed by atoms with van der Waals surface area (Å²) in [5.74, 6) is 1.93. The maximum absolute atomic E-state index is 12.1. The van der Waals surface area contributed by atoms with Crippen LogP contribution in [0.3, 0.4) is 0 Å². The van der Waals surface area contributed by atoms with Crippen LogP contribution in [0.15, 0.2) is 30.3 Å². The van der Waals surface area contributed by atoms with Crippen LogP contribution in [-0.2, 0) is 11.3 Å². The van der Waals surface area contributed by atoms with Gasteiger partial charge >= 0.3 is 0 Å². The maximum Gasteiger partial charge on any atom is 0.239 e. The van der Waals surface area contributed by atoms with Crippen LogP contribution >= 0.6 is 0 Å². The Balaban J connectivity index is 1.58. The average molecular weight is 242 g/mol. The summed E-state index contributed by atoms with van der Waals surface area (Å²) in [6.07, 6.45) is 3.85. The molecule has 1 aromatic carbocycles. The van der Waals surface area contributed by atoms with E-state index in [2.05, 4.69) is 34.7 Å².